The highest BCUT2D eigenvalue weighted by Gasteiger charge is 2.13. The third-order valence-electron chi connectivity index (χ3n) is 0.277. The molecule has 0 aliphatic rings. The van der Waals surface area contributed by atoms with Gasteiger partial charge in [0, 0.05) is 5.97 Å². The van der Waals surface area contributed by atoms with Gasteiger partial charge in [-0.15, -0.1) is 0 Å². The van der Waals surface area contributed by atoms with Gasteiger partial charge in [0.1, 0.15) is 0 Å². The minimum atomic E-state index is -4.03. The summed E-state index contributed by atoms with van der Waals surface area (Å²) in [4.78, 5) is 15.8. The molecule has 4 nitrogen and oxygen atoms in total. The van der Waals surface area contributed by atoms with Crippen LogP contribution in [0, 0.1) is 11.2 Å². The lowest BCUT2D eigenvalue weighted by atomic mass is 10.2. The summed E-state index contributed by atoms with van der Waals surface area (Å²) in [5.74, 6) is 1.34. The summed E-state index contributed by atoms with van der Waals surface area (Å²) in [5.41, 5.74) is 0. The second kappa shape index (κ2) is 2.13. The van der Waals surface area contributed by atoms with Crippen LogP contribution in [0.3, 0.4) is 0 Å². The molecule has 0 saturated heterocycles. The number of nitriles is 1. The minimum absolute atomic E-state index is 0.688. The lowest BCUT2D eigenvalue weighted by molar-refractivity contribution is 0.394. The zero-order valence-corrected chi connectivity index (χ0v) is 4.30. The first-order valence-corrected chi connectivity index (χ1v) is 3.27. The normalized spacial score (nSPS) is 9.86. The molecular weight excluding hydrogens is 116 g/mol. The van der Waals surface area contributed by atoms with Gasteiger partial charge in [-0.3, -0.25) is 4.57 Å². The number of hydrogen-bond acceptors (Lipinski definition) is 2. The average Bonchev–Trinajstić information content (AvgIpc) is 1.30. The third-order valence-corrected chi connectivity index (χ3v) is 0.830. The fraction of sp³-hybridized carbons (Fsp3) is 0. The van der Waals surface area contributed by atoms with Crippen molar-refractivity contribution in [3.8, 4) is 5.97 Å². The molecule has 6 heteroatoms. The van der Waals surface area contributed by atoms with Crippen molar-refractivity contribution in [1.29, 1.82) is 5.26 Å². The van der Waals surface area contributed by atoms with Gasteiger partial charge in [0.05, 0.1) is 0 Å². The summed E-state index contributed by atoms with van der Waals surface area (Å²) >= 11 is 0. The van der Waals surface area contributed by atoms with E-state index in [-0.39, 0.29) is 0 Å². The van der Waals surface area contributed by atoms with Crippen LogP contribution in [-0.2, 0) is 4.57 Å². The van der Waals surface area contributed by atoms with E-state index in [9.17, 15) is 4.57 Å². The van der Waals surface area contributed by atoms with Crippen molar-refractivity contribution < 1.29 is 14.4 Å². The molecule has 0 amide bonds. The molecule has 0 aliphatic heterocycles. The van der Waals surface area contributed by atoms with Gasteiger partial charge in [0.15, 0.2) is 0 Å². The van der Waals surface area contributed by atoms with E-state index in [4.69, 9.17) is 15.0 Å². The molecule has 0 rings (SSSR count). The average molecular weight is 119 g/mol. The second-order valence-electron chi connectivity index (χ2n) is 0.981. The minimum Gasteiger partial charge on any atom is -0.331 e. The maximum atomic E-state index is 9.70. The van der Waals surface area contributed by atoms with Crippen LogP contribution in [0.5, 0.6) is 0 Å². The molecule has 0 unspecified atom stereocenters. The summed E-state index contributed by atoms with van der Waals surface area (Å²) in [6, 6.07) is 0. The molecular formula is CH3BNO3P. The van der Waals surface area contributed by atoms with Gasteiger partial charge in [-0.2, -0.15) is 0 Å². The Balaban J connectivity index is 3.65. The van der Waals surface area contributed by atoms with Crippen LogP contribution in [0.1, 0.15) is 0 Å². The smallest absolute Gasteiger partial charge is 0.331 e. The molecule has 0 spiro atoms. The highest BCUT2D eigenvalue weighted by atomic mass is 31.2. The fourth-order valence-electron chi connectivity index (χ4n) is 0.0921. The number of rotatable bonds is 1. The fourth-order valence-corrected chi connectivity index (χ4v) is 0.276. The van der Waals surface area contributed by atoms with Crippen molar-refractivity contribution in [2.24, 2.45) is 0 Å². The Kier molecular flexibility index (Phi) is 2.04. The molecule has 0 saturated carbocycles. The van der Waals surface area contributed by atoms with Gasteiger partial charge in [0.25, 0.3) is 7.47 Å². The van der Waals surface area contributed by atoms with Crippen molar-refractivity contribution in [3.05, 3.63) is 0 Å². The highest BCUT2D eigenvalue weighted by Crippen LogP contribution is 2.30. The molecule has 0 atom stereocenters. The molecule has 0 aliphatic carbocycles. The molecule has 38 valence electrons. The summed E-state index contributed by atoms with van der Waals surface area (Å²) in [6.07, 6.45) is 0. The van der Waals surface area contributed by atoms with Gasteiger partial charge in [-0.05, 0) is 0 Å². The first-order chi connectivity index (χ1) is 3.06. The first kappa shape index (κ1) is 6.70. The summed E-state index contributed by atoms with van der Waals surface area (Å²) < 4.78 is 9.70. The summed E-state index contributed by atoms with van der Waals surface area (Å²) in [7, 11) is -4.03. The lowest BCUT2D eigenvalue weighted by Gasteiger charge is -1.89. The van der Waals surface area contributed by atoms with E-state index in [0.29, 0.717) is 0 Å². The van der Waals surface area contributed by atoms with E-state index in [1.165, 1.54) is 5.97 Å². The highest BCUT2D eigenvalue weighted by molar-refractivity contribution is 7.83. The summed E-state index contributed by atoms with van der Waals surface area (Å²) in [5, 5.41) is 7.66. The van der Waals surface area contributed by atoms with E-state index >= 15 is 0 Å². The molecule has 0 heterocycles. The zero-order chi connectivity index (χ0) is 5.91. The quantitative estimate of drug-likeness (QED) is 0.342. The third kappa shape index (κ3) is 5.70. The maximum Gasteiger partial charge on any atom is 0.390 e. The zero-order valence-electron chi connectivity index (χ0n) is 3.40. The first-order valence-electron chi connectivity index (χ1n) is 1.48. The Bertz CT molecular complexity index is 132. The Morgan fingerprint density at radius 2 is 2.14 bits per heavy atom. The number of hydrogen-bond donors (Lipinski definition) is 2. The SMILES string of the molecule is N#CBP(=O)(O)O. The van der Waals surface area contributed by atoms with Crippen LogP contribution in [0.15, 0.2) is 0 Å². The molecule has 0 aromatic heterocycles. The van der Waals surface area contributed by atoms with E-state index in [1.807, 2.05) is 0 Å². The lowest BCUT2D eigenvalue weighted by Crippen LogP contribution is -1.85. The van der Waals surface area contributed by atoms with E-state index < -0.39 is 14.5 Å². The van der Waals surface area contributed by atoms with Gasteiger partial charge in [-0.1, -0.05) is 0 Å². The Morgan fingerprint density at radius 3 is 2.14 bits per heavy atom. The van der Waals surface area contributed by atoms with Crippen molar-refractivity contribution in [2.45, 2.75) is 0 Å². The molecule has 0 radical (unpaired) electrons. The van der Waals surface area contributed by atoms with Crippen LogP contribution in [0.25, 0.3) is 0 Å². The predicted octanol–water partition coefficient (Wildman–Crippen LogP) is -1.00. The van der Waals surface area contributed by atoms with E-state index in [1.54, 1.807) is 0 Å². The van der Waals surface area contributed by atoms with Crippen molar-refractivity contribution in [1.82, 2.24) is 0 Å². The molecule has 0 aromatic carbocycles. The Labute approximate surface area is 41.1 Å². The van der Waals surface area contributed by atoms with Crippen molar-refractivity contribution >= 4 is 14.5 Å². The van der Waals surface area contributed by atoms with Gasteiger partial charge < -0.3 is 9.79 Å². The molecule has 2 N–H and O–H groups in total. The van der Waals surface area contributed by atoms with Crippen molar-refractivity contribution in [3.63, 3.8) is 0 Å². The van der Waals surface area contributed by atoms with Crippen LogP contribution in [-0.4, -0.2) is 16.8 Å². The van der Waals surface area contributed by atoms with E-state index in [2.05, 4.69) is 0 Å². The number of nitrogens with zero attached hydrogens (tertiary/aromatic N) is 1. The van der Waals surface area contributed by atoms with Gasteiger partial charge in [-0.25, -0.2) is 5.26 Å². The van der Waals surface area contributed by atoms with E-state index in [0.717, 1.165) is 0 Å². The largest absolute Gasteiger partial charge is 0.390 e. The topological polar surface area (TPSA) is 81.3 Å². The van der Waals surface area contributed by atoms with Crippen LogP contribution in [0.2, 0.25) is 0 Å². The summed E-state index contributed by atoms with van der Waals surface area (Å²) in [6.45, 7) is -0.688. The van der Waals surface area contributed by atoms with Crippen LogP contribution < -0.4 is 0 Å². The molecule has 0 bridgehead atoms. The Morgan fingerprint density at radius 1 is 1.71 bits per heavy atom. The molecule has 0 fully saturated rings. The Hall–Kier alpha value is -0.295. The monoisotopic (exact) mass is 119 g/mol. The maximum absolute atomic E-state index is 9.70. The molecule has 0 aromatic rings. The van der Waals surface area contributed by atoms with Crippen LogP contribution >= 0.6 is 7.47 Å². The second-order valence-corrected chi connectivity index (χ2v) is 2.63. The van der Waals surface area contributed by atoms with Gasteiger partial charge >= 0.3 is 7.00 Å². The van der Waals surface area contributed by atoms with Gasteiger partial charge in [0.2, 0.25) is 0 Å². The van der Waals surface area contributed by atoms with Crippen molar-refractivity contribution in [2.75, 3.05) is 0 Å². The molecule has 7 heavy (non-hydrogen) atoms. The van der Waals surface area contributed by atoms with Crippen LogP contribution in [0.4, 0.5) is 0 Å². The predicted molar refractivity (Wildman–Crippen MR) is 24.8 cm³/mol. The standard InChI is InChI=1S/CH3BNO3P/c3-1-2-7(4,5)6/h2H,(H2,4,5,6).